The summed E-state index contributed by atoms with van der Waals surface area (Å²) >= 11 is 1.90. The van der Waals surface area contributed by atoms with E-state index in [0.29, 0.717) is 0 Å². The summed E-state index contributed by atoms with van der Waals surface area (Å²) in [6, 6.07) is 51.8. The first-order valence-corrected chi connectivity index (χ1v) is 20.2. The summed E-state index contributed by atoms with van der Waals surface area (Å²) in [6.07, 6.45) is 0. The van der Waals surface area contributed by atoms with Gasteiger partial charge < -0.3 is 14.2 Å². The number of para-hydroxylation sites is 1. The number of furan rings is 1. The van der Waals surface area contributed by atoms with E-state index in [1.54, 1.807) is 0 Å². The van der Waals surface area contributed by atoms with Crippen molar-refractivity contribution in [1.29, 1.82) is 0 Å². The summed E-state index contributed by atoms with van der Waals surface area (Å²) < 4.78 is 8.49. The molecule has 2 aromatic heterocycles. The topological polar surface area (TPSA) is 19.6 Å². The first kappa shape index (κ1) is 32.6. The molecule has 9 aromatic rings. The van der Waals surface area contributed by atoms with Crippen molar-refractivity contribution in [3.8, 4) is 0 Å². The van der Waals surface area contributed by atoms with E-state index >= 15 is 0 Å². The number of hydrogen-bond donors (Lipinski definition) is 0. The van der Waals surface area contributed by atoms with Crippen LogP contribution in [0.4, 0.5) is 33.4 Å². The third kappa shape index (κ3) is 4.69. The van der Waals surface area contributed by atoms with Gasteiger partial charge in [0.2, 0.25) is 0 Å². The van der Waals surface area contributed by atoms with Crippen molar-refractivity contribution in [3.63, 3.8) is 0 Å². The molecule has 0 fully saturated rings. The smallest absolute Gasteiger partial charge is 0.298 e. The molecule has 0 bridgehead atoms. The number of hydrogen-bond acceptors (Lipinski definition) is 4. The van der Waals surface area contributed by atoms with Gasteiger partial charge in [0.15, 0.2) is 0 Å². The van der Waals surface area contributed by atoms with Gasteiger partial charge in [-0.3, -0.25) is 0 Å². The van der Waals surface area contributed by atoms with Gasteiger partial charge in [-0.1, -0.05) is 126 Å². The molecule has 0 saturated carbocycles. The van der Waals surface area contributed by atoms with Gasteiger partial charge in [-0.2, -0.15) is 0 Å². The third-order valence-corrected chi connectivity index (χ3v) is 13.0. The molecule has 0 spiro atoms. The minimum atomic E-state index is -0.125. The Hall–Kier alpha value is -5.78. The Morgan fingerprint density at radius 1 is 0.491 bits per heavy atom. The molecule has 0 unspecified atom stereocenters. The average Bonchev–Trinajstić information content (AvgIpc) is 3.75. The lowest BCUT2D eigenvalue weighted by Gasteiger charge is -2.43. The van der Waals surface area contributed by atoms with Crippen LogP contribution in [0.1, 0.15) is 52.7 Å². The van der Waals surface area contributed by atoms with Gasteiger partial charge in [0.05, 0.1) is 27.7 Å². The van der Waals surface area contributed by atoms with Crippen LogP contribution in [0.25, 0.3) is 42.6 Å². The van der Waals surface area contributed by atoms with Crippen LogP contribution in [-0.2, 0) is 10.8 Å². The first-order chi connectivity index (χ1) is 26.6. The molecule has 4 heterocycles. The van der Waals surface area contributed by atoms with Gasteiger partial charge in [-0.15, -0.1) is 11.3 Å². The molecule has 2 aliphatic heterocycles. The zero-order valence-corrected chi connectivity index (χ0v) is 32.9. The summed E-state index contributed by atoms with van der Waals surface area (Å²) in [5.74, 6) is 0. The summed E-state index contributed by atoms with van der Waals surface area (Å²) in [6.45, 7) is 13.9. The van der Waals surface area contributed by atoms with E-state index in [1.165, 1.54) is 81.4 Å². The Kier molecular flexibility index (Phi) is 6.75. The number of fused-ring (bicyclic) bond motifs is 10. The monoisotopic (exact) mass is 728 g/mol. The molecule has 0 atom stereocenters. The van der Waals surface area contributed by atoms with E-state index < -0.39 is 0 Å². The Labute approximate surface area is 326 Å². The molecule has 3 nitrogen and oxygen atoms in total. The number of thiophene rings is 1. The van der Waals surface area contributed by atoms with E-state index in [-0.39, 0.29) is 17.5 Å². The molecule has 2 aliphatic rings. The number of rotatable bonds is 2. The lowest BCUT2D eigenvalue weighted by Crippen LogP contribution is -2.60. The lowest BCUT2D eigenvalue weighted by molar-refractivity contribution is 0.591. The molecule has 0 radical (unpaired) electrons. The van der Waals surface area contributed by atoms with E-state index in [4.69, 9.17) is 4.42 Å². The highest BCUT2D eigenvalue weighted by Crippen LogP contribution is 2.52. The maximum atomic E-state index is 7.20. The molecule has 0 aliphatic carbocycles. The van der Waals surface area contributed by atoms with Crippen LogP contribution in [0.3, 0.4) is 0 Å². The Balaban J connectivity index is 1.30. The summed E-state index contributed by atoms with van der Waals surface area (Å²) in [5, 5.41) is 8.67. The molecule has 5 heteroatoms. The highest BCUT2D eigenvalue weighted by atomic mass is 32.1. The molecule has 266 valence electrons. The standard InChI is InChI=1S/C50H41BN2OS/c1-49(2,3)36-26-30-16-7-9-18-32(30)28-40(36)52-38-22-15-23-39-45(38)51(47-46(52)34-20-11-13-24-42(34)54-47)44-35-21-12-14-25-43(35)55-48(44)53(39)41-29-33-19-10-8-17-31(33)27-37(41)50(4,5)6/h7-29H,1-6H3. The van der Waals surface area contributed by atoms with Crippen molar-refractivity contribution < 1.29 is 4.42 Å². The van der Waals surface area contributed by atoms with Crippen molar-refractivity contribution in [1.82, 2.24) is 0 Å². The summed E-state index contributed by atoms with van der Waals surface area (Å²) in [7, 11) is 0. The van der Waals surface area contributed by atoms with E-state index in [2.05, 4.69) is 191 Å². The Bertz CT molecular complexity index is 3050. The van der Waals surface area contributed by atoms with Crippen LogP contribution in [0, 0.1) is 0 Å². The van der Waals surface area contributed by atoms with E-state index in [0.717, 1.165) is 22.3 Å². The number of benzene rings is 7. The van der Waals surface area contributed by atoms with Crippen molar-refractivity contribution in [2.45, 2.75) is 52.4 Å². The van der Waals surface area contributed by atoms with Crippen molar-refractivity contribution >= 4 is 111 Å². The van der Waals surface area contributed by atoms with Gasteiger partial charge in [0, 0.05) is 21.5 Å². The van der Waals surface area contributed by atoms with Crippen LogP contribution < -0.4 is 26.4 Å². The van der Waals surface area contributed by atoms with Gasteiger partial charge in [-0.05, 0) is 114 Å². The second-order valence-corrected chi connectivity index (χ2v) is 18.4. The fourth-order valence-electron chi connectivity index (χ4n) is 9.36. The minimum Gasteiger partial charge on any atom is -0.468 e. The minimum absolute atomic E-state index is 0.0932. The summed E-state index contributed by atoms with van der Waals surface area (Å²) in [5.41, 5.74) is 12.9. The highest BCUT2D eigenvalue weighted by molar-refractivity contribution is 7.26. The Morgan fingerprint density at radius 2 is 1.00 bits per heavy atom. The van der Waals surface area contributed by atoms with Crippen LogP contribution in [0.5, 0.6) is 0 Å². The predicted octanol–water partition coefficient (Wildman–Crippen LogP) is 12.6. The van der Waals surface area contributed by atoms with Crippen LogP contribution in [0.2, 0.25) is 0 Å². The van der Waals surface area contributed by atoms with Crippen molar-refractivity contribution in [3.05, 3.63) is 151 Å². The van der Waals surface area contributed by atoms with Crippen LogP contribution >= 0.6 is 11.3 Å². The fraction of sp³-hybridized carbons (Fsp3) is 0.160. The van der Waals surface area contributed by atoms with Gasteiger partial charge in [-0.25, -0.2) is 0 Å². The van der Waals surface area contributed by atoms with Crippen LogP contribution in [0.15, 0.2) is 144 Å². The maximum absolute atomic E-state index is 7.20. The van der Waals surface area contributed by atoms with Gasteiger partial charge in [0.1, 0.15) is 5.58 Å². The zero-order chi connectivity index (χ0) is 37.4. The van der Waals surface area contributed by atoms with Crippen LogP contribution in [-0.4, -0.2) is 6.71 Å². The SMILES string of the molecule is CC(C)(C)c1cc2ccccc2cc1N1c2cccc3c2B(c2oc4ccccc4c2N3c2cc3ccccc3cc2C(C)(C)C)c2c1sc1ccccc21. The average molecular weight is 729 g/mol. The fourth-order valence-corrected chi connectivity index (χ4v) is 10.6. The molecule has 55 heavy (non-hydrogen) atoms. The second kappa shape index (κ2) is 11.4. The second-order valence-electron chi connectivity index (χ2n) is 17.4. The molecule has 0 N–H and O–H groups in total. The molecule has 0 saturated heterocycles. The highest BCUT2D eigenvalue weighted by Gasteiger charge is 2.49. The molecule has 11 rings (SSSR count). The van der Waals surface area contributed by atoms with E-state index in [1.807, 2.05) is 11.3 Å². The quantitative estimate of drug-likeness (QED) is 0.165. The first-order valence-electron chi connectivity index (χ1n) is 19.4. The van der Waals surface area contributed by atoms with Crippen molar-refractivity contribution in [2.24, 2.45) is 0 Å². The van der Waals surface area contributed by atoms with E-state index in [9.17, 15) is 0 Å². The largest absolute Gasteiger partial charge is 0.468 e. The molecular formula is C50H41BN2OS. The molecule has 7 aromatic carbocycles. The Morgan fingerprint density at radius 3 is 1.62 bits per heavy atom. The van der Waals surface area contributed by atoms with Crippen molar-refractivity contribution in [2.75, 3.05) is 9.80 Å². The number of nitrogens with zero attached hydrogens (tertiary/aromatic N) is 2. The zero-order valence-electron chi connectivity index (χ0n) is 32.1. The number of anilines is 6. The van der Waals surface area contributed by atoms with Gasteiger partial charge >= 0.3 is 0 Å². The normalized spacial score (nSPS) is 13.9. The molecule has 0 amide bonds. The lowest BCUT2D eigenvalue weighted by atomic mass is 9.35. The van der Waals surface area contributed by atoms with Gasteiger partial charge in [0.25, 0.3) is 6.71 Å². The summed E-state index contributed by atoms with van der Waals surface area (Å²) in [4.78, 5) is 5.14. The maximum Gasteiger partial charge on any atom is 0.298 e. The predicted molar refractivity (Wildman–Crippen MR) is 238 cm³/mol. The molecular weight excluding hydrogens is 687 g/mol. The third-order valence-electron chi connectivity index (χ3n) is 11.8.